The molecule has 5 rings (SSSR count). The predicted octanol–water partition coefficient (Wildman–Crippen LogP) is 4.44. The molecule has 6 heteroatoms. The number of anilines is 1. The highest BCUT2D eigenvalue weighted by Gasteiger charge is 2.26. The van der Waals surface area contributed by atoms with E-state index in [0.29, 0.717) is 24.5 Å². The second-order valence-corrected chi connectivity index (χ2v) is 7.84. The first-order chi connectivity index (χ1) is 15.1. The van der Waals surface area contributed by atoms with Crippen LogP contribution in [-0.4, -0.2) is 46.8 Å². The normalized spacial score (nSPS) is 14.3. The number of rotatable bonds is 3. The van der Waals surface area contributed by atoms with Gasteiger partial charge in [0, 0.05) is 37.3 Å². The quantitative estimate of drug-likeness (QED) is 0.498. The molecule has 0 unspecified atom stereocenters. The molecule has 0 aliphatic carbocycles. The van der Waals surface area contributed by atoms with Crippen molar-refractivity contribution >= 4 is 22.4 Å². The fraction of sp³-hybridized carbons (Fsp3) is 0.200. The van der Waals surface area contributed by atoms with Gasteiger partial charge in [-0.05, 0) is 48.7 Å². The number of hydrogen-bond acceptors (Lipinski definition) is 3. The van der Waals surface area contributed by atoms with Crippen molar-refractivity contribution in [2.24, 2.45) is 0 Å². The third-order valence-corrected chi connectivity index (χ3v) is 5.80. The van der Waals surface area contributed by atoms with Gasteiger partial charge in [0.25, 0.3) is 5.91 Å². The van der Waals surface area contributed by atoms with Crippen LogP contribution in [0.1, 0.15) is 16.2 Å². The lowest BCUT2D eigenvalue weighted by molar-refractivity contribution is 0.0737. The van der Waals surface area contributed by atoms with Gasteiger partial charge in [0.05, 0.1) is 11.4 Å². The molecule has 0 bridgehead atoms. The summed E-state index contributed by atoms with van der Waals surface area (Å²) in [6.45, 7) is 4.66. The average molecular weight is 414 g/mol. The Balaban J connectivity index is 1.36. The number of hydrogen-bond donors (Lipinski definition) is 0. The van der Waals surface area contributed by atoms with Crippen LogP contribution in [0, 0.1) is 12.7 Å². The minimum Gasteiger partial charge on any atom is -0.367 e. The van der Waals surface area contributed by atoms with Crippen LogP contribution >= 0.6 is 0 Å². The van der Waals surface area contributed by atoms with Crippen molar-refractivity contribution in [2.45, 2.75) is 6.92 Å². The predicted molar refractivity (Wildman–Crippen MR) is 120 cm³/mol. The topological polar surface area (TPSA) is 41.4 Å². The summed E-state index contributed by atoms with van der Waals surface area (Å²) in [6.07, 6.45) is 0. The van der Waals surface area contributed by atoms with E-state index in [-0.39, 0.29) is 11.7 Å². The van der Waals surface area contributed by atoms with E-state index in [9.17, 15) is 9.18 Å². The average Bonchev–Trinajstić information content (AvgIpc) is 3.20. The van der Waals surface area contributed by atoms with Crippen LogP contribution in [0.3, 0.4) is 0 Å². The standard InChI is InChI=1S/C25H23FN4O/c1-18-17-24(30(27-18)21-11-9-20(26)10-12-21)25(31)29-15-13-28(14-16-29)23-8-4-6-19-5-2-3-7-22(19)23/h2-12,17H,13-16H2,1H3. The first-order valence-electron chi connectivity index (χ1n) is 10.4. The Kier molecular flexibility index (Phi) is 4.90. The molecule has 3 aromatic carbocycles. The molecular weight excluding hydrogens is 391 g/mol. The number of aromatic nitrogens is 2. The van der Waals surface area contributed by atoms with Gasteiger partial charge in [-0.2, -0.15) is 5.10 Å². The van der Waals surface area contributed by atoms with E-state index in [1.54, 1.807) is 22.9 Å². The molecule has 2 heterocycles. The first kappa shape index (κ1) is 19.3. The molecule has 0 atom stereocenters. The molecule has 31 heavy (non-hydrogen) atoms. The van der Waals surface area contributed by atoms with Crippen molar-refractivity contribution in [2.75, 3.05) is 31.1 Å². The van der Waals surface area contributed by atoms with E-state index >= 15 is 0 Å². The fourth-order valence-corrected chi connectivity index (χ4v) is 4.23. The lowest BCUT2D eigenvalue weighted by Gasteiger charge is -2.36. The summed E-state index contributed by atoms with van der Waals surface area (Å²) < 4.78 is 14.9. The molecule has 5 nitrogen and oxygen atoms in total. The molecule has 0 spiro atoms. The van der Waals surface area contributed by atoms with Gasteiger partial charge in [-0.15, -0.1) is 0 Å². The zero-order valence-corrected chi connectivity index (χ0v) is 17.3. The maximum Gasteiger partial charge on any atom is 0.272 e. The Morgan fingerprint density at radius 3 is 2.39 bits per heavy atom. The van der Waals surface area contributed by atoms with E-state index < -0.39 is 0 Å². The van der Waals surface area contributed by atoms with Gasteiger partial charge in [-0.3, -0.25) is 4.79 Å². The van der Waals surface area contributed by atoms with Crippen molar-refractivity contribution < 1.29 is 9.18 Å². The number of amides is 1. The lowest BCUT2D eigenvalue weighted by Crippen LogP contribution is -2.49. The van der Waals surface area contributed by atoms with Crippen molar-refractivity contribution in [1.82, 2.24) is 14.7 Å². The molecule has 1 fully saturated rings. The lowest BCUT2D eigenvalue weighted by atomic mass is 10.1. The fourth-order valence-electron chi connectivity index (χ4n) is 4.23. The summed E-state index contributed by atoms with van der Waals surface area (Å²) in [5.41, 5.74) is 3.13. The molecule has 1 aliphatic rings. The molecule has 1 saturated heterocycles. The van der Waals surface area contributed by atoms with Crippen LogP contribution in [0.4, 0.5) is 10.1 Å². The molecule has 0 saturated carbocycles. The number of carbonyl (C=O) groups is 1. The number of aryl methyl sites for hydroxylation is 1. The van der Waals surface area contributed by atoms with Crippen molar-refractivity contribution in [3.63, 3.8) is 0 Å². The van der Waals surface area contributed by atoms with E-state index in [2.05, 4.69) is 52.5 Å². The number of carbonyl (C=O) groups excluding carboxylic acids is 1. The Bertz CT molecular complexity index is 1230. The summed E-state index contributed by atoms with van der Waals surface area (Å²) in [7, 11) is 0. The minimum absolute atomic E-state index is 0.0532. The van der Waals surface area contributed by atoms with Crippen LogP contribution < -0.4 is 4.90 Å². The highest BCUT2D eigenvalue weighted by molar-refractivity contribution is 5.95. The third-order valence-electron chi connectivity index (χ3n) is 5.80. The Labute approximate surface area is 180 Å². The second-order valence-electron chi connectivity index (χ2n) is 7.84. The van der Waals surface area contributed by atoms with E-state index in [1.165, 1.54) is 28.6 Å². The zero-order chi connectivity index (χ0) is 21.4. The molecular formula is C25H23FN4O. The van der Waals surface area contributed by atoms with Gasteiger partial charge in [-0.25, -0.2) is 9.07 Å². The SMILES string of the molecule is Cc1cc(C(=O)N2CCN(c3cccc4ccccc34)CC2)n(-c2ccc(F)cc2)n1. The maximum absolute atomic E-state index is 13.3. The summed E-state index contributed by atoms with van der Waals surface area (Å²) >= 11 is 0. The van der Waals surface area contributed by atoms with Crippen molar-refractivity contribution in [3.8, 4) is 5.69 Å². The first-order valence-corrected chi connectivity index (χ1v) is 10.4. The van der Waals surface area contributed by atoms with E-state index in [1.807, 2.05) is 11.8 Å². The van der Waals surface area contributed by atoms with Gasteiger partial charge in [0.15, 0.2) is 0 Å². The van der Waals surface area contributed by atoms with Crippen LogP contribution in [-0.2, 0) is 0 Å². The van der Waals surface area contributed by atoms with Gasteiger partial charge in [0.1, 0.15) is 11.5 Å². The van der Waals surface area contributed by atoms with Crippen LogP contribution in [0.15, 0.2) is 72.8 Å². The zero-order valence-electron chi connectivity index (χ0n) is 17.3. The Morgan fingerprint density at radius 1 is 0.903 bits per heavy atom. The summed E-state index contributed by atoms with van der Waals surface area (Å²) in [6, 6.07) is 22.6. The van der Waals surface area contributed by atoms with Crippen LogP contribution in [0.25, 0.3) is 16.5 Å². The smallest absolute Gasteiger partial charge is 0.272 e. The Hall–Kier alpha value is -3.67. The Morgan fingerprint density at radius 2 is 1.61 bits per heavy atom. The van der Waals surface area contributed by atoms with Gasteiger partial charge < -0.3 is 9.80 Å². The number of halogens is 1. The van der Waals surface area contributed by atoms with E-state index in [4.69, 9.17) is 0 Å². The highest BCUT2D eigenvalue weighted by atomic mass is 19.1. The van der Waals surface area contributed by atoms with Crippen molar-refractivity contribution in [1.29, 1.82) is 0 Å². The molecule has 156 valence electrons. The van der Waals surface area contributed by atoms with Gasteiger partial charge in [-0.1, -0.05) is 36.4 Å². The summed E-state index contributed by atoms with van der Waals surface area (Å²) in [5, 5.41) is 6.91. The third kappa shape index (κ3) is 3.65. The monoisotopic (exact) mass is 414 g/mol. The summed E-state index contributed by atoms with van der Waals surface area (Å²) in [5.74, 6) is -0.368. The minimum atomic E-state index is -0.315. The number of nitrogens with zero attached hydrogens (tertiary/aromatic N) is 4. The number of piperazine rings is 1. The number of benzene rings is 3. The molecule has 1 aromatic heterocycles. The summed E-state index contributed by atoms with van der Waals surface area (Å²) in [4.78, 5) is 17.5. The highest BCUT2D eigenvalue weighted by Crippen LogP contribution is 2.28. The van der Waals surface area contributed by atoms with Gasteiger partial charge >= 0.3 is 0 Å². The molecule has 1 aliphatic heterocycles. The van der Waals surface area contributed by atoms with Gasteiger partial charge in [0.2, 0.25) is 0 Å². The van der Waals surface area contributed by atoms with Crippen molar-refractivity contribution in [3.05, 3.63) is 90.0 Å². The molecule has 0 radical (unpaired) electrons. The maximum atomic E-state index is 13.3. The molecule has 0 N–H and O–H groups in total. The molecule has 4 aromatic rings. The van der Waals surface area contributed by atoms with Crippen LogP contribution in [0.5, 0.6) is 0 Å². The largest absolute Gasteiger partial charge is 0.367 e. The second kappa shape index (κ2) is 7.87. The van der Waals surface area contributed by atoms with Crippen LogP contribution in [0.2, 0.25) is 0 Å². The molecule has 1 amide bonds. The number of fused-ring (bicyclic) bond motifs is 1. The van der Waals surface area contributed by atoms with E-state index in [0.717, 1.165) is 18.8 Å².